The number of carbonyl (C=O) groups excluding carboxylic acids is 1. The smallest absolute Gasteiger partial charge is 0.255 e. The van der Waals surface area contributed by atoms with Crippen LogP contribution >= 0.6 is 0 Å². The van der Waals surface area contributed by atoms with E-state index in [1.54, 1.807) is 6.20 Å². The predicted molar refractivity (Wildman–Crippen MR) is 96.9 cm³/mol. The largest absolute Gasteiger partial charge is 0.334 e. The topological polar surface area (TPSA) is 36.4 Å². The van der Waals surface area contributed by atoms with E-state index in [4.69, 9.17) is 0 Å². The maximum absolute atomic E-state index is 13.0. The van der Waals surface area contributed by atoms with E-state index < -0.39 is 0 Å². The van der Waals surface area contributed by atoms with Gasteiger partial charge in [-0.3, -0.25) is 9.78 Å². The molecule has 1 aliphatic rings. The molecule has 2 heterocycles. The standard InChI is InChI=1S/C20H25N3O/c1-22(2)15-19-10-6-7-11-23(19)20(24)18-12-17(13-21-14-18)16-8-4-3-5-9-16/h3-5,8-9,12-14,19H,6-7,10-11,15H2,1-2H3. The number of carbonyl (C=O) groups is 1. The van der Waals surface area contributed by atoms with Gasteiger partial charge >= 0.3 is 0 Å². The summed E-state index contributed by atoms with van der Waals surface area (Å²) in [4.78, 5) is 21.5. The summed E-state index contributed by atoms with van der Waals surface area (Å²) in [5, 5.41) is 0. The van der Waals surface area contributed by atoms with Gasteiger partial charge in [0.1, 0.15) is 0 Å². The minimum absolute atomic E-state index is 0.104. The molecule has 1 aliphatic heterocycles. The van der Waals surface area contributed by atoms with Crippen LogP contribution in [0.3, 0.4) is 0 Å². The van der Waals surface area contributed by atoms with Crippen molar-refractivity contribution in [2.45, 2.75) is 25.3 Å². The molecule has 1 atom stereocenters. The summed E-state index contributed by atoms with van der Waals surface area (Å²) in [5.41, 5.74) is 2.76. The highest BCUT2D eigenvalue weighted by Gasteiger charge is 2.28. The maximum atomic E-state index is 13.0. The van der Waals surface area contributed by atoms with Crippen molar-refractivity contribution < 1.29 is 4.79 Å². The van der Waals surface area contributed by atoms with Gasteiger partial charge in [0.05, 0.1) is 5.56 Å². The number of likely N-dealkylation sites (N-methyl/N-ethyl adjacent to an activating group) is 1. The molecule has 1 amide bonds. The highest BCUT2D eigenvalue weighted by molar-refractivity contribution is 5.95. The Hall–Kier alpha value is -2.20. The van der Waals surface area contributed by atoms with Gasteiger partial charge in [-0.25, -0.2) is 0 Å². The van der Waals surface area contributed by atoms with E-state index in [2.05, 4.69) is 24.0 Å². The van der Waals surface area contributed by atoms with Crippen molar-refractivity contribution in [3.05, 3.63) is 54.4 Å². The molecule has 4 nitrogen and oxygen atoms in total. The molecule has 3 rings (SSSR count). The molecule has 4 heteroatoms. The zero-order chi connectivity index (χ0) is 16.9. The molecule has 1 saturated heterocycles. The van der Waals surface area contributed by atoms with Crippen LogP contribution in [-0.2, 0) is 0 Å². The van der Waals surface area contributed by atoms with E-state index in [9.17, 15) is 4.79 Å². The summed E-state index contributed by atoms with van der Waals surface area (Å²) in [6.45, 7) is 1.75. The van der Waals surface area contributed by atoms with Gasteiger partial charge in [-0.15, -0.1) is 0 Å². The average molecular weight is 323 g/mol. The van der Waals surface area contributed by atoms with Gasteiger partial charge in [-0.2, -0.15) is 0 Å². The fraction of sp³-hybridized carbons (Fsp3) is 0.400. The quantitative estimate of drug-likeness (QED) is 0.866. The highest BCUT2D eigenvalue weighted by atomic mass is 16.2. The van der Waals surface area contributed by atoms with Gasteiger partial charge in [0.2, 0.25) is 0 Å². The Morgan fingerprint density at radius 2 is 1.96 bits per heavy atom. The van der Waals surface area contributed by atoms with Crippen molar-refractivity contribution in [2.24, 2.45) is 0 Å². The van der Waals surface area contributed by atoms with E-state index >= 15 is 0 Å². The molecule has 0 saturated carbocycles. The van der Waals surface area contributed by atoms with Gasteiger partial charge in [-0.1, -0.05) is 30.3 Å². The van der Waals surface area contributed by atoms with Crippen LogP contribution in [0, 0.1) is 0 Å². The molecule has 1 aromatic carbocycles. The fourth-order valence-electron chi connectivity index (χ4n) is 3.39. The summed E-state index contributed by atoms with van der Waals surface area (Å²) in [6.07, 6.45) is 6.87. The molecule has 2 aromatic rings. The van der Waals surface area contributed by atoms with Gasteiger partial charge < -0.3 is 9.80 Å². The number of aromatic nitrogens is 1. The lowest BCUT2D eigenvalue weighted by Crippen LogP contribution is -2.48. The lowest BCUT2D eigenvalue weighted by atomic mass is 10.00. The van der Waals surface area contributed by atoms with Crippen LogP contribution in [0.25, 0.3) is 11.1 Å². The number of nitrogens with zero attached hydrogens (tertiary/aromatic N) is 3. The third-order valence-electron chi connectivity index (χ3n) is 4.56. The van der Waals surface area contributed by atoms with Crippen LogP contribution in [-0.4, -0.2) is 53.9 Å². The van der Waals surface area contributed by atoms with E-state index in [1.165, 1.54) is 6.42 Å². The molecule has 0 spiro atoms. The normalized spacial score (nSPS) is 18.0. The Bertz CT molecular complexity index is 684. The van der Waals surface area contributed by atoms with Crippen molar-refractivity contribution in [3.63, 3.8) is 0 Å². The molecule has 1 unspecified atom stereocenters. The van der Waals surface area contributed by atoms with Crippen LogP contribution in [0.15, 0.2) is 48.8 Å². The molecule has 24 heavy (non-hydrogen) atoms. The zero-order valence-corrected chi connectivity index (χ0v) is 14.5. The molecular formula is C20H25N3O. The minimum atomic E-state index is 0.104. The summed E-state index contributed by atoms with van der Waals surface area (Å²) in [6, 6.07) is 12.3. The van der Waals surface area contributed by atoms with Crippen LogP contribution in [0.1, 0.15) is 29.6 Å². The van der Waals surface area contributed by atoms with Crippen LogP contribution < -0.4 is 0 Å². The van der Waals surface area contributed by atoms with Crippen molar-refractivity contribution in [1.29, 1.82) is 0 Å². The molecular weight excluding hydrogens is 298 g/mol. The molecule has 0 radical (unpaired) electrons. The van der Waals surface area contributed by atoms with Crippen molar-refractivity contribution >= 4 is 5.91 Å². The Balaban J connectivity index is 1.84. The third kappa shape index (κ3) is 3.82. The van der Waals surface area contributed by atoms with Crippen molar-refractivity contribution in [2.75, 3.05) is 27.2 Å². The summed E-state index contributed by atoms with van der Waals surface area (Å²) in [5.74, 6) is 0.104. The second kappa shape index (κ2) is 7.58. The number of likely N-dealkylation sites (tertiary alicyclic amines) is 1. The second-order valence-corrected chi connectivity index (χ2v) is 6.74. The first kappa shape index (κ1) is 16.7. The van der Waals surface area contributed by atoms with E-state index in [1.807, 2.05) is 47.5 Å². The second-order valence-electron chi connectivity index (χ2n) is 6.74. The third-order valence-corrected chi connectivity index (χ3v) is 4.56. The predicted octanol–water partition coefficient (Wildman–Crippen LogP) is 3.30. The SMILES string of the molecule is CN(C)CC1CCCCN1C(=O)c1cncc(-c2ccccc2)c1. The van der Waals surface area contributed by atoms with Gasteiger partial charge in [0, 0.05) is 37.1 Å². The molecule has 1 fully saturated rings. The first-order chi connectivity index (χ1) is 11.6. The van der Waals surface area contributed by atoms with Crippen molar-refractivity contribution in [1.82, 2.24) is 14.8 Å². The Morgan fingerprint density at radius 1 is 1.17 bits per heavy atom. The number of benzene rings is 1. The molecule has 0 aliphatic carbocycles. The lowest BCUT2D eigenvalue weighted by Gasteiger charge is -2.37. The van der Waals surface area contributed by atoms with Crippen molar-refractivity contribution in [3.8, 4) is 11.1 Å². The maximum Gasteiger partial charge on any atom is 0.255 e. The molecule has 0 bridgehead atoms. The Morgan fingerprint density at radius 3 is 2.71 bits per heavy atom. The summed E-state index contributed by atoms with van der Waals surface area (Å²) in [7, 11) is 4.13. The highest BCUT2D eigenvalue weighted by Crippen LogP contribution is 2.23. The number of pyridine rings is 1. The van der Waals surface area contributed by atoms with Gasteiger partial charge in [0.25, 0.3) is 5.91 Å². The number of hydrogen-bond acceptors (Lipinski definition) is 3. The van der Waals surface area contributed by atoms with Crippen LogP contribution in [0.4, 0.5) is 0 Å². The first-order valence-electron chi connectivity index (χ1n) is 8.61. The van der Waals surface area contributed by atoms with Gasteiger partial charge in [0.15, 0.2) is 0 Å². The van der Waals surface area contributed by atoms with Crippen LogP contribution in [0.2, 0.25) is 0 Å². The van der Waals surface area contributed by atoms with Crippen LogP contribution in [0.5, 0.6) is 0 Å². The Labute approximate surface area is 144 Å². The van der Waals surface area contributed by atoms with Gasteiger partial charge in [-0.05, 0) is 45.0 Å². The number of piperidine rings is 1. The molecule has 126 valence electrons. The summed E-state index contributed by atoms with van der Waals surface area (Å²) < 4.78 is 0. The number of hydrogen-bond donors (Lipinski definition) is 0. The Kier molecular flexibility index (Phi) is 5.26. The zero-order valence-electron chi connectivity index (χ0n) is 14.5. The minimum Gasteiger partial charge on any atom is -0.334 e. The molecule has 1 aromatic heterocycles. The number of amides is 1. The lowest BCUT2D eigenvalue weighted by molar-refractivity contribution is 0.0574. The average Bonchev–Trinajstić information content (AvgIpc) is 2.62. The van der Waals surface area contributed by atoms with E-state index in [0.717, 1.165) is 37.1 Å². The van der Waals surface area contributed by atoms with E-state index in [0.29, 0.717) is 11.6 Å². The summed E-state index contributed by atoms with van der Waals surface area (Å²) >= 11 is 0. The monoisotopic (exact) mass is 323 g/mol. The number of rotatable bonds is 4. The first-order valence-corrected chi connectivity index (χ1v) is 8.61. The fourth-order valence-corrected chi connectivity index (χ4v) is 3.39. The van der Waals surface area contributed by atoms with E-state index in [-0.39, 0.29) is 5.91 Å². The molecule has 0 N–H and O–H groups in total.